The van der Waals surface area contributed by atoms with E-state index in [-0.39, 0.29) is 0 Å². The van der Waals surface area contributed by atoms with Gasteiger partial charge in [0.15, 0.2) is 12.6 Å². The first kappa shape index (κ1) is 18.9. The monoisotopic (exact) mass is 340 g/mol. The van der Waals surface area contributed by atoms with Crippen molar-refractivity contribution in [2.24, 2.45) is 5.92 Å². The summed E-state index contributed by atoms with van der Waals surface area (Å²) in [6.07, 6.45) is -12.4. The van der Waals surface area contributed by atoms with E-state index in [1.807, 2.05) is 0 Å². The molecule has 0 saturated carbocycles. The third-order valence-corrected chi connectivity index (χ3v) is 4.37. The molecule has 2 aliphatic rings. The molecule has 7 N–H and O–H groups in total. The smallest absolute Gasteiger partial charge is 0.187 e. The van der Waals surface area contributed by atoms with E-state index < -0.39 is 74.4 Å². The van der Waals surface area contributed by atoms with Crippen molar-refractivity contribution in [1.82, 2.24) is 0 Å². The molecule has 2 heterocycles. The van der Waals surface area contributed by atoms with E-state index >= 15 is 0 Å². The summed E-state index contributed by atoms with van der Waals surface area (Å²) in [4.78, 5) is 0. The fraction of sp³-hybridized carbons (Fsp3) is 1.00. The average Bonchev–Trinajstić information content (AvgIpc) is 2.55. The number of hydrogen-bond donors (Lipinski definition) is 7. The average molecular weight is 340 g/mol. The molecule has 0 spiro atoms. The Kier molecular flexibility index (Phi) is 6.30. The van der Waals surface area contributed by atoms with Crippen LogP contribution in [0.5, 0.6) is 0 Å². The van der Waals surface area contributed by atoms with Gasteiger partial charge in [-0.05, 0) is 0 Å². The molecular weight excluding hydrogens is 316 g/mol. The van der Waals surface area contributed by atoms with Crippen molar-refractivity contribution in [3.63, 3.8) is 0 Å². The van der Waals surface area contributed by atoms with Gasteiger partial charge in [-0.25, -0.2) is 0 Å². The van der Waals surface area contributed by atoms with Gasteiger partial charge in [-0.3, -0.25) is 0 Å². The highest BCUT2D eigenvalue weighted by atomic mass is 16.7. The maximum Gasteiger partial charge on any atom is 0.187 e. The largest absolute Gasteiger partial charge is 0.394 e. The summed E-state index contributed by atoms with van der Waals surface area (Å²) in [7, 11) is 0. The molecule has 0 aromatic heterocycles. The molecule has 0 amide bonds. The van der Waals surface area contributed by atoms with Gasteiger partial charge in [0.1, 0.15) is 30.5 Å². The van der Waals surface area contributed by atoms with Crippen LogP contribution in [0.2, 0.25) is 0 Å². The summed E-state index contributed by atoms with van der Waals surface area (Å²) in [5, 5.41) is 67.6. The van der Waals surface area contributed by atoms with Gasteiger partial charge in [-0.2, -0.15) is 0 Å². The molecule has 0 aromatic carbocycles. The van der Waals surface area contributed by atoms with Crippen molar-refractivity contribution in [1.29, 1.82) is 0 Å². The summed E-state index contributed by atoms with van der Waals surface area (Å²) < 4.78 is 15.7. The maximum absolute atomic E-state index is 10.0. The van der Waals surface area contributed by atoms with Gasteiger partial charge in [0.25, 0.3) is 0 Å². The van der Waals surface area contributed by atoms with Crippen molar-refractivity contribution in [3.05, 3.63) is 0 Å². The van der Waals surface area contributed by atoms with Crippen LogP contribution in [0.4, 0.5) is 0 Å². The Hall–Kier alpha value is -0.400. The van der Waals surface area contributed by atoms with Gasteiger partial charge < -0.3 is 50.0 Å². The van der Waals surface area contributed by atoms with E-state index in [1.165, 1.54) is 0 Å². The quantitative estimate of drug-likeness (QED) is 0.267. The lowest BCUT2D eigenvalue weighted by Gasteiger charge is -2.45. The Morgan fingerprint density at radius 3 is 1.96 bits per heavy atom. The molecule has 10 atom stereocenters. The van der Waals surface area contributed by atoms with E-state index in [0.29, 0.717) is 0 Å². The first-order chi connectivity index (χ1) is 10.8. The van der Waals surface area contributed by atoms with E-state index in [4.69, 9.17) is 14.2 Å². The minimum absolute atomic E-state index is 0.417. The topological polar surface area (TPSA) is 169 Å². The van der Waals surface area contributed by atoms with Gasteiger partial charge in [0.05, 0.1) is 25.4 Å². The molecule has 2 fully saturated rings. The minimum Gasteiger partial charge on any atom is -0.394 e. The van der Waals surface area contributed by atoms with Crippen LogP contribution >= 0.6 is 0 Å². The fourth-order valence-electron chi connectivity index (χ4n) is 2.78. The Labute approximate surface area is 132 Å². The first-order valence-corrected chi connectivity index (χ1v) is 7.40. The van der Waals surface area contributed by atoms with Crippen LogP contribution in [0, 0.1) is 5.92 Å². The third kappa shape index (κ3) is 3.66. The van der Waals surface area contributed by atoms with E-state index in [1.54, 1.807) is 6.92 Å². The maximum atomic E-state index is 10.0. The van der Waals surface area contributed by atoms with Crippen molar-refractivity contribution in [2.45, 2.75) is 62.2 Å². The Bertz CT molecular complexity index is 378. The minimum atomic E-state index is -1.70. The summed E-state index contributed by atoms with van der Waals surface area (Å²) in [5.74, 6) is -0.552. The molecule has 2 aliphatic heterocycles. The number of rotatable bonds is 4. The van der Waals surface area contributed by atoms with Crippen molar-refractivity contribution < 1.29 is 50.0 Å². The van der Waals surface area contributed by atoms with Crippen LogP contribution in [0.3, 0.4) is 0 Å². The number of ether oxygens (including phenoxy) is 3. The molecule has 10 nitrogen and oxygen atoms in total. The van der Waals surface area contributed by atoms with Gasteiger partial charge >= 0.3 is 0 Å². The van der Waals surface area contributed by atoms with Crippen LogP contribution in [0.25, 0.3) is 0 Å². The second-order valence-corrected chi connectivity index (χ2v) is 5.90. The normalized spacial score (nSPS) is 51.7. The lowest BCUT2D eigenvalue weighted by molar-refractivity contribution is -0.350. The van der Waals surface area contributed by atoms with Crippen molar-refractivity contribution >= 4 is 0 Å². The number of hydrogen-bond acceptors (Lipinski definition) is 10. The van der Waals surface area contributed by atoms with Gasteiger partial charge in [0, 0.05) is 5.92 Å². The fourth-order valence-corrected chi connectivity index (χ4v) is 2.78. The molecule has 5 unspecified atom stereocenters. The first-order valence-electron chi connectivity index (χ1n) is 7.40. The van der Waals surface area contributed by atoms with Gasteiger partial charge in [-0.15, -0.1) is 0 Å². The predicted molar refractivity (Wildman–Crippen MR) is 71.8 cm³/mol. The van der Waals surface area contributed by atoms with Crippen molar-refractivity contribution in [3.8, 4) is 0 Å². The van der Waals surface area contributed by atoms with Crippen LogP contribution in [-0.4, -0.2) is 104 Å². The van der Waals surface area contributed by atoms with Gasteiger partial charge in [0.2, 0.25) is 0 Å². The zero-order valence-electron chi connectivity index (χ0n) is 12.5. The zero-order chi connectivity index (χ0) is 17.3. The summed E-state index contributed by atoms with van der Waals surface area (Å²) >= 11 is 0. The Morgan fingerprint density at radius 1 is 0.783 bits per heavy atom. The molecule has 2 saturated heterocycles. The Morgan fingerprint density at radius 2 is 1.39 bits per heavy atom. The highest BCUT2D eigenvalue weighted by Gasteiger charge is 2.49. The molecule has 10 heteroatoms. The molecule has 136 valence electrons. The van der Waals surface area contributed by atoms with Crippen LogP contribution < -0.4 is 0 Å². The molecule has 23 heavy (non-hydrogen) atoms. The Balaban J connectivity index is 2.11. The van der Waals surface area contributed by atoms with Crippen molar-refractivity contribution in [2.75, 3.05) is 13.2 Å². The molecule has 0 aliphatic carbocycles. The van der Waals surface area contributed by atoms with E-state index in [2.05, 4.69) is 0 Å². The summed E-state index contributed by atoms with van der Waals surface area (Å²) in [6, 6.07) is 0. The lowest BCUT2D eigenvalue weighted by atomic mass is 9.91. The molecule has 0 aromatic rings. The van der Waals surface area contributed by atoms with Crippen LogP contribution in [0.1, 0.15) is 6.92 Å². The predicted octanol–water partition coefficient (Wildman–Crippen LogP) is -4.12. The standard InChI is InChI=1S/C13H24O10/c1-4-5(2-14)22-13(10(19)7(4)16)23-11-6(3-15)21-12(20)9(18)8(11)17/h4-20H,2-3H2,1H3/t4-,5?,6?,7-,8+,9?,10?,11-,12?,13-/m0/s1. The number of aliphatic hydroxyl groups is 7. The lowest BCUT2D eigenvalue weighted by Crippen LogP contribution is -2.63. The van der Waals surface area contributed by atoms with Crippen LogP contribution in [0.15, 0.2) is 0 Å². The molecular formula is C13H24O10. The second-order valence-electron chi connectivity index (χ2n) is 5.90. The van der Waals surface area contributed by atoms with Gasteiger partial charge in [-0.1, -0.05) is 6.92 Å². The van der Waals surface area contributed by atoms with Crippen LogP contribution in [-0.2, 0) is 14.2 Å². The molecule has 0 bridgehead atoms. The third-order valence-electron chi connectivity index (χ3n) is 4.37. The summed E-state index contributed by atoms with van der Waals surface area (Å²) in [6.45, 7) is 0.538. The molecule has 2 rings (SSSR count). The highest BCUT2D eigenvalue weighted by Crippen LogP contribution is 2.30. The molecule has 0 radical (unpaired) electrons. The van der Waals surface area contributed by atoms with E-state index in [9.17, 15) is 35.7 Å². The number of aliphatic hydroxyl groups excluding tert-OH is 7. The zero-order valence-corrected chi connectivity index (χ0v) is 12.5. The second kappa shape index (κ2) is 7.66. The summed E-state index contributed by atoms with van der Waals surface area (Å²) in [5.41, 5.74) is 0. The SMILES string of the molecule is C[C@H]1C(CO)O[C@@H](O[C@H]2C(CO)OC(O)C(O)[C@H]2O)C(O)[C@H]1O. The van der Waals surface area contributed by atoms with E-state index in [0.717, 1.165) is 0 Å². The highest BCUT2D eigenvalue weighted by molar-refractivity contribution is 4.92.